The quantitative estimate of drug-likeness (QED) is 0.734. The largest absolute Gasteiger partial charge is 0.462 e. The number of nitrogens with one attached hydrogen (secondary N) is 2. The molecule has 0 radical (unpaired) electrons. The van der Waals surface area contributed by atoms with Gasteiger partial charge in [0.1, 0.15) is 10.5 Å². The standard InChI is InChI=1S/C18H23N3O5S/c1-6-26-18(23)16-11(2)21(5)12(3)17(16)27(24,25)20-15-9-7-14(8-10-15)19-13(4)22/h7-10,20H,6H2,1-5H3,(H,19,22). The number of rotatable bonds is 6. The molecular weight excluding hydrogens is 370 g/mol. The van der Waals surface area contributed by atoms with Crippen LogP contribution in [0.15, 0.2) is 29.2 Å². The van der Waals surface area contributed by atoms with Crippen molar-refractivity contribution in [2.24, 2.45) is 7.05 Å². The zero-order valence-electron chi connectivity index (χ0n) is 15.9. The van der Waals surface area contributed by atoms with Crippen molar-refractivity contribution >= 4 is 33.3 Å². The summed E-state index contributed by atoms with van der Waals surface area (Å²) in [6, 6.07) is 6.21. The molecule has 0 aliphatic carbocycles. The summed E-state index contributed by atoms with van der Waals surface area (Å²) in [5, 5.41) is 2.60. The lowest BCUT2D eigenvalue weighted by molar-refractivity contribution is -0.114. The summed E-state index contributed by atoms with van der Waals surface area (Å²) in [4.78, 5) is 23.3. The second kappa shape index (κ2) is 7.83. The van der Waals surface area contributed by atoms with E-state index in [0.717, 1.165) is 0 Å². The number of hydrogen-bond donors (Lipinski definition) is 2. The third-order valence-corrected chi connectivity index (χ3v) is 5.67. The summed E-state index contributed by atoms with van der Waals surface area (Å²) >= 11 is 0. The summed E-state index contributed by atoms with van der Waals surface area (Å²) in [6.07, 6.45) is 0. The zero-order valence-corrected chi connectivity index (χ0v) is 16.7. The van der Waals surface area contributed by atoms with Gasteiger partial charge in [-0.25, -0.2) is 13.2 Å². The van der Waals surface area contributed by atoms with E-state index in [9.17, 15) is 18.0 Å². The number of benzene rings is 1. The predicted molar refractivity (Wildman–Crippen MR) is 102 cm³/mol. The summed E-state index contributed by atoms with van der Waals surface area (Å²) in [6.45, 7) is 6.48. The molecule has 1 aromatic carbocycles. The minimum absolute atomic E-state index is 0.0271. The van der Waals surface area contributed by atoms with E-state index < -0.39 is 16.0 Å². The smallest absolute Gasteiger partial charge is 0.341 e. The highest BCUT2D eigenvalue weighted by Crippen LogP contribution is 2.29. The van der Waals surface area contributed by atoms with E-state index in [1.54, 1.807) is 44.5 Å². The molecule has 0 saturated heterocycles. The number of anilines is 2. The van der Waals surface area contributed by atoms with Crippen LogP contribution in [0.25, 0.3) is 0 Å². The van der Waals surface area contributed by atoms with Gasteiger partial charge in [0.15, 0.2) is 0 Å². The van der Waals surface area contributed by atoms with Crippen LogP contribution >= 0.6 is 0 Å². The van der Waals surface area contributed by atoms with Crippen molar-refractivity contribution in [2.45, 2.75) is 32.6 Å². The molecule has 0 bridgehead atoms. The summed E-state index contributed by atoms with van der Waals surface area (Å²) in [5.74, 6) is -0.905. The molecule has 2 N–H and O–H groups in total. The number of carbonyl (C=O) groups is 2. The first-order valence-electron chi connectivity index (χ1n) is 8.32. The number of nitrogens with zero attached hydrogens (tertiary/aromatic N) is 1. The molecule has 0 spiro atoms. The SMILES string of the molecule is CCOC(=O)c1c(S(=O)(=O)Nc2ccc(NC(C)=O)cc2)c(C)n(C)c1C. The molecule has 0 atom stereocenters. The van der Waals surface area contributed by atoms with E-state index >= 15 is 0 Å². The van der Waals surface area contributed by atoms with Crippen molar-refractivity contribution < 1.29 is 22.7 Å². The Balaban J connectivity index is 2.43. The number of hydrogen-bond acceptors (Lipinski definition) is 5. The van der Waals surface area contributed by atoms with E-state index in [1.807, 2.05) is 0 Å². The number of carbonyl (C=O) groups excluding carboxylic acids is 2. The molecular formula is C18H23N3O5S. The first-order valence-corrected chi connectivity index (χ1v) is 9.80. The molecule has 1 amide bonds. The molecule has 9 heteroatoms. The van der Waals surface area contributed by atoms with Gasteiger partial charge in [-0.1, -0.05) is 0 Å². The zero-order chi connectivity index (χ0) is 20.4. The Morgan fingerprint density at radius 3 is 2.15 bits per heavy atom. The Morgan fingerprint density at radius 2 is 1.63 bits per heavy atom. The van der Waals surface area contributed by atoms with Gasteiger partial charge in [-0.15, -0.1) is 0 Å². The van der Waals surface area contributed by atoms with Crippen molar-refractivity contribution in [1.29, 1.82) is 0 Å². The fourth-order valence-electron chi connectivity index (χ4n) is 2.72. The fraction of sp³-hybridized carbons (Fsp3) is 0.333. The van der Waals surface area contributed by atoms with Crippen LogP contribution in [0, 0.1) is 13.8 Å². The highest BCUT2D eigenvalue weighted by Gasteiger charge is 2.31. The molecule has 27 heavy (non-hydrogen) atoms. The van der Waals surface area contributed by atoms with Gasteiger partial charge in [0.2, 0.25) is 5.91 Å². The van der Waals surface area contributed by atoms with Crippen molar-refractivity contribution in [1.82, 2.24) is 4.57 Å². The van der Waals surface area contributed by atoms with Crippen LogP contribution in [0.2, 0.25) is 0 Å². The van der Waals surface area contributed by atoms with Gasteiger partial charge in [0.05, 0.1) is 6.61 Å². The van der Waals surface area contributed by atoms with Gasteiger partial charge in [-0.2, -0.15) is 0 Å². The molecule has 1 heterocycles. The fourth-order valence-corrected chi connectivity index (χ4v) is 4.29. The molecule has 1 aromatic heterocycles. The van der Waals surface area contributed by atoms with Gasteiger partial charge in [0.25, 0.3) is 10.0 Å². The summed E-state index contributed by atoms with van der Waals surface area (Å²) < 4.78 is 35.1. The average molecular weight is 393 g/mol. The Morgan fingerprint density at radius 1 is 1.07 bits per heavy atom. The van der Waals surface area contributed by atoms with Gasteiger partial charge < -0.3 is 14.6 Å². The lowest BCUT2D eigenvalue weighted by Gasteiger charge is -2.11. The number of esters is 1. The lowest BCUT2D eigenvalue weighted by Crippen LogP contribution is -2.18. The second-order valence-corrected chi connectivity index (χ2v) is 7.64. The van der Waals surface area contributed by atoms with E-state index in [1.165, 1.54) is 19.1 Å². The first-order chi connectivity index (χ1) is 12.6. The topological polar surface area (TPSA) is 106 Å². The molecule has 0 unspecified atom stereocenters. The maximum Gasteiger partial charge on any atom is 0.341 e. The van der Waals surface area contributed by atoms with Gasteiger partial charge in [-0.05, 0) is 45.0 Å². The van der Waals surface area contributed by atoms with E-state index in [0.29, 0.717) is 22.8 Å². The monoisotopic (exact) mass is 393 g/mol. The van der Waals surface area contributed by atoms with E-state index in [-0.39, 0.29) is 23.0 Å². The lowest BCUT2D eigenvalue weighted by atomic mass is 10.2. The Bertz CT molecular complexity index is 975. The third-order valence-electron chi connectivity index (χ3n) is 4.13. The highest BCUT2D eigenvalue weighted by molar-refractivity contribution is 7.92. The molecule has 146 valence electrons. The van der Waals surface area contributed by atoms with E-state index in [4.69, 9.17) is 4.74 Å². The van der Waals surface area contributed by atoms with Crippen molar-refractivity contribution in [2.75, 3.05) is 16.6 Å². The highest BCUT2D eigenvalue weighted by atomic mass is 32.2. The third kappa shape index (κ3) is 4.30. The van der Waals surface area contributed by atoms with Crippen molar-refractivity contribution in [3.63, 3.8) is 0 Å². The van der Waals surface area contributed by atoms with Crippen LogP contribution in [0.4, 0.5) is 11.4 Å². The summed E-state index contributed by atoms with van der Waals surface area (Å²) in [7, 11) is -2.35. The van der Waals surface area contributed by atoms with Crippen LogP contribution in [0.5, 0.6) is 0 Å². The first kappa shape index (κ1) is 20.5. The second-order valence-electron chi connectivity index (χ2n) is 6.02. The normalized spacial score (nSPS) is 11.1. The van der Waals surface area contributed by atoms with Gasteiger partial charge >= 0.3 is 5.97 Å². The number of sulfonamides is 1. The van der Waals surface area contributed by atoms with Crippen LogP contribution < -0.4 is 10.0 Å². The van der Waals surface area contributed by atoms with Crippen LogP contribution in [0.3, 0.4) is 0 Å². The molecule has 0 aliphatic rings. The minimum Gasteiger partial charge on any atom is -0.462 e. The molecule has 2 rings (SSSR count). The molecule has 0 aliphatic heterocycles. The average Bonchev–Trinajstić information content (AvgIpc) is 2.81. The Labute approximate surface area is 158 Å². The molecule has 0 fully saturated rings. The molecule has 2 aromatic rings. The minimum atomic E-state index is -4.03. The Hall–Kier alpha value is -2.81. The molecule has 0 saturated carbocycles. The predicted octanol–water partition coefficient (Wildman–Crippen LogP) is 2.58. The number of ether oxygens (including phenoxy) is 1. The van der Waals surface area contributed by atoms with Crippen molar-refractivity contribution in [3.05, 3.63) is 41.2 Å². The van der Waals surface area contributed by atoms with Crippen LogP contribution in [-0.4, -0.2) is 31.5 Å². The summed E-state index contributed by atoms with van der Waals surface area (Å²) in [5.41, 5.74) is 1.81. The maximum atomic E-state index is 13.0. The van der Waals surface area contributed by atoms with Crippen LogP contribution in [-0.2, 0) is 26.6 Å². The van der Waals surface area contributed by atoms with Gasteiger partial charge in [-0.3, -0.25) is 9.52 Å². The Kier molecular flexibility index (Phi) is 5.94. The van der Waals surface area contributed by atoms with Crippen LogP contribution in [0.1, 0.15) is 35.6 Å². The molecule has 8 nitrogen and oxygen atoms in total. The number of amides is 1. The van der Waals surface area contributed by atoms with E-state index in [2.05, 4.69) is 10.0 Å². The van der Waals surface area contributed by atoms with Crippen molar-refractivity contribution in [3.8, 4) is 0 Å². The maximum absolute atomic E-state index is 13.0. The van der Waals surface area contributed by atoms with Gasteiger partial charge in [0, 0.05) is 36.7 Å². The number of aromatic nitrogens is 1.